The molecule has 106 valence electrons. The van der Waals surface area contributed by atoms with Crippen molar-refractivity contribution in [3.05, 3.63) is 53.0 Å². The summed E-state index contributed by atoms with van der Waals surface area (Å²) in [6, 6.07) is 6.52. The average Bonchev–Trinajstić information content (AvgIpc) is 2.79. The number of aromatic carboxylic acids is 1. The second kappa shape index (κ2) is 5.13. The van der Waals surface area contributed by atoms with Crippen LogP contribution in [-0.4, -0.2) is 19.5 Å². The molecule has 0 saturated heterocycles. The van der Waals surface area contributed by atoms with E-state index in [4.69, 9.17) is 9.52 Å². The molecule has 6 heteroatoms. The molecule has 20 heavy (non-hydrogen) atoms. The number of carboxylic acids is 1. The van der Waals surface area contributed by atoms with Crippen LogP contribution < -0.4 is 0 Å². The van der Waals surface area contributed by atoms with E-state index < -0.39 is 21.6 Å². The first-order valence-electron chi connectivity index (χ1n) is 5.91. The van der Waals surface area contributed by atoms with Gasteiger partial charge in [0.05, 0.1) is 16.9 Å². The molecule has 0 bridgehead atoms. The zero-order valence-electron chi connectivity index (χ0n) is 11.1. The van der Waals surface area contributed by atoms with Crippen LogP contribution in [0.4, 0.5) is 0 Å². The van der Waals surface area contributed by atoms with E-state index in [0.717, 1.165) is 5.56 Å². The Kier molecular flexibility index (Phi) is 3.67. The summed E-state index contributed by atoms with van der Waals surface area (Å²) < 4.78 is 29.6. The van der Waals surface area contributed by atoms with Gasteiger partial charge >= 0.3 is 5.97 Å². The lowest BCUT2D eigenvalue weighted by atomic mass is 10.2. The zero-order valence-corrected chi connectivity index (χ0v) is 11.9. The van der Waals surface area contributed by atoms with Gasteiger partial charge in [0, 0.05) is 5.56 Å². The quantitative estimate of drug-likeness (QED) is 0.936. The molecule has 0 spiro atoms. The fourth-order valence-corrected chi connectivity index (χ4v) is 3.68. The van der Waals surface area contributed by atoms with Crippen molar-refractivity contribution in [2.24, 2.45) is 0 Å². The molecule has 1 aromatic heterocycles. The highest BCUT2D eigenvalue weighted by atomic mass is 32.2. The van der Waals surface area contributed by atoms with E-state index in [1.807, 2.05) is 6.07 Å². The van der Waals surface area contributed by atoms with Crippen LogP contribution in [0.1, 0.15) is 27.2 Å². The highest BCUT2D eigenvalue weighted by Gasteiger charge is 2.23. The summed E-state index contributed by atoms with van der Waals surface area (Å²) in [5, 5.41) is 8.93. The van der Waals surface area contributed by atoms with Crippen molar-refractivity contribution in [3.8, 4) is 0 Å². The van der Waals surface area contributed by atoms with E-state index in [1.165, 1.54) is 12.3 Å². The molecule has 1 N–H and O–H groups in total. The van der Waals surface area contributed by atoms with Crippen molar-refractivity contribution >= 4 is 15.8 Å². The monoisotopic (exact) mass is 294 g/mol. The van der Waals surface area contributed by atoms with Gasteiger partial charge in [0.2, 0.25) is 5.76 Å². The molecule has 5 nitrogen and oxygen atoms in total. The van der Waals surface area contributed by atoms with Crippen LogP contribution in [0.3, 0.4) is 0 Å². The van der Waals surface area contributed by atoms with E-state index in [0.29, 0.717) is 5.56 Å². The molecule has 0 fully saturated rings. The number of carbonyl (C=O) groups is 1. The van der Waals surface area contributed by atoms with Crippen LogP contribution in [0.5, 0.6) is 0 Å². The third kappa shape index (κ3) is 2.75. The van der Waals surface area contributed by atoms with Gasteiger partial charge in [-0.3, -0.25) is 0 Å². The normalized spacial score (nSPS) is 11.5. The minimum absolute atomic E-state index is 0.151. The summed E-state index contributed by atoms with van der Waals surface area (Å²) in [5.41, 5.74) is 1.62. The van der Waals surface area contributed by atoms with Gasteiger partial charge in [-0.2, -0.15) is 0 Å². The largest absolute Gasteiger partial charge is 0.475 e. The number of aryl methyl sites for hydroxylation is 2. The number of benzene rings is 1. The molecule has 0 aliphatic rings. The van der Waals surface area contributed by atoms with Gasteiger partial charge < -0.3 is 9.52 Å². The highest BCUT2D eigenvalue weighted by Crippen LogP contribution is 2.23. The second-order valence-corrected chi connectivity index (χ2v) is 6.57. The average molecular weight is 294 g/mol. The molecule has 0 atom stereocenters. The highest BCUT2D eigenvalue weighted by molar-refractivity contribution is 7.90. The Morgan fingerprint density at radius 2 is 1.95 bits per heavy atom. The van der Waals surface area contributed by atoms with Crippen LogP contribution in [0, 0.1) is 13.8 Å². The number of rotatable bonds is 4. The number of carboxylic acid groups (broad SMARTS) is 1. The van der Waals surface area contributed by atoms with E-state index in [-0.39, 0.29) is 16.2 Å². The summed E-state index contributed by atoms with van der Waals surface area (Å²) >= 11 is 0. The first-order chi connectivity index (χ1) is 9.31. The Bertz CT molecular complexity index is 756. The molecule has 0 aliphatic heterocycles. The predicted molar refractivity (Wildman–Crippen MR) is 72.5 cm³/mol. The van der Waals surface area contributed by atoms with Crippen LogP contribution in [0.25, 0.3) is 0 Å². The maximum Gasteiger partial charge on any atom is 0.372 e. The molecule has 0 saturated carbocycles. The number of hydrogen-bond donors (Lipinski definition) is 1. The minimum atomic E-state index is -3.62. The van der Waals surface area contributed by atoms with E-state index in [2.05, 4.69) is 0 Å². The standard InChI is InChI=1S/C14H14O5S/c1-9-3-4-10(2)12(7-9)20(17,18)8-11-5-6-19-13(11)14(15)16/h3-7H,8H2,1-2H3,(H,15,16). The molecule has 2 aromatic rings. The zero-order chi connectivity index (χ0) is 14.9. The maximum atomic E-state index is 12.4. The smallest absolute Gasteiger partial charge is 0.372 e. The SMILES string of the molecule is Cc1ccc(C)c(S(=O)(=O)Cc2ccoc2C(=O)O)c1. The van der Waals surface area contributed by atoms with Gasteiger partial charge in [0.1, 0.15) is 0 Å². The Balaban J connectivity index is 2.44. The van der Waals surface area contributed by atoms with Crippen molar-refractivity contribution in [1.82, 2.24) is 0 Å². The van der Waals surface area contributed by atoms with Crippen LogP contribution in [-0.2, 0) is 15.6 Å². The van der Waals surface area contributed by atoms with E-state index in [9.17, 15) is 13.2 Å². The predicted octanol–water partition coefficient (Wildman–Crippen LogP) is 2.57. The van der Waals surface area contributed by atoms with Gasteiger partial charge in [-0.25, -0.2) is 13.2 Å². The van der Waals surface area contributed by atoms with Gasteiger partial charge in [0.25, 0.3) is 0 Å². The minimum Gasteiger partial charge on any atom is -0.475 e. The third-order valence-electron chi connectivity index (χ3n) is 2.97. The first-order valence-corrected chi connectivity index (χ1v) is 7.56. The topological polar surface area (TPSA) is 84.6 Å². The van der Waals surface area contributed by atoms with Crippen LogP contribution in [0.2, 0.25) is 0 Å². The van der Waals surface area contributed by atoms with Gasteiger partial charge in [0.15, 0.2) is 9.84 Å². The fraction of sp³-hybridized carbons (Fsp3) is 0.214. The molecule has 0 aliphatic carbocycles. The summed E-state index contributed by atoms with van der Waals surface area (Å²) in [7, 11) is -3.62. The summed E-state index contributed by atoms with van der Waals surface area (Å²) in [4.78, 5) is 11.2. The van der Waals surface area contributed by atoms with Crippen molar-refractivity contribution in [1.29, 1.82) is 0 Å². The van der Waals surface area contributed by atoms with Gasteiger partial charge in [-0.15, -0.1) is 0 Å². The molecule has 0 unspecified atom stereocenters. The molecular formula is C14H14O5S. The van der Waals surface area contributed by atoms with Crippen molar-refractivity contribution < 1.29 is 22.7 Å². The number of furan rings is 1. The maximum absolute atomic E-state index is 12.4. The fourth-order valence-electron chi connectivity index (χ4n) is 1.96. The Morgan fingerprint density at radius 1 is 1.25 bits per heavy atom. The summed E-state index contributed by atoms with van der Waals surface area (Å²) in [6.07, 6.45) is 1.18. The van der Waals surface area contributed by atoms with Gasteiger partial charge in [-0.1, -0.05) is 12.1 Å². The summed E-state index contributed by atoms with van der Waals surface area (Å²) in [5.74, 6) is -2.00. The van der Waals surface area contributed by atoms with Crippen molar-refractivity contribution in [2.75, 3.05) is 0 Å². The lowest BCUT2D eigenvalue weighted by Crippen LogP contribution is -2.09. The lowest BCUT2D eigenvalue weighted by molar-refractivity contribution is 0.0661. The molecular weight excluding hydrogens is 280 g/mol. The number of hydrogen-bond acceptors (Lipinski definition) is 4. The number of sulfone groups is 1. The summed E-state index contributed by atoms with van der Waals surface area (Å²) in [6.45, 7) is 3.51. The van der Waals surface area contributed by atoms with E-state index in [1.54, 1.807) is 26.0 Å². The van der Waals surface area contributed by atoms with Gasteiger partial charge in [-0.05, 0) is 37.1 Å². The molecule has 1 heterocycles. The van der Waals surface area contributed by atoms with Crippen LogP contribution >= 0.6 is 0 Å². The molecule has 2 rings (SSSR count). The van der Waals surface area contributed by atoms with Crippen molar-refractivity contribution in [2.45, 2.75) is 24.5 Å². The lowest BCUT2D eigenvalue weighted by Gasteiger charge is -2.08. The third-order valence-corrected chi connectivity index (χ3v) is 4.77. The second-order valence-electron chi connectivity index (χ2n) is 4.61. The van der Waals surface area contributed by atoms with E-state index >= 15 is 0 Å². The Labute approximate surface area is 116 Å². The van der Waals surface area contributed by atoms with Crippen LogP contribution in [0.15, 0.2) is 39.8 Å². The molecule has 0 radical (unpaired) electrons. The first kappa shape index (κ1) is 14.3. The Hall–Kier alpha value is -2.08. The molecule has 0 amide bonds. The molecule has 1 aromatic carbocycles. The Morgan fingerprint density at radius 3 is 2.60 bits per heavy atom. The van der Waals surface area contributed by atoms with Crippen molar-refractivity contribution in [3.63, 3.8) is 0 Å².